The van der Waals surface area contributed by atoms with Crippen LogP contribution in [0.4, 0.5) is 10.8 Å². The molecule has 3 aromatic rings. The Hall–Kier alpha value is -2.35. The monoisotopic (exact) mass is 407 g/mol. The lowest BCUT2D eigenvalue weighted by Crippen LogP contribution is -2.56. The van der Waals surface area contributed by atoms with Gasteiger partial charge in [-0.1, -0.05) is 34.5 Å². The summed E-state index contributed by atoms with van der Waals surface area (Å²) in [5.41, 5.74) is -0.618. The molecule has 0 fully saturated rings. The van der Waals surface area contributed by atoms with Crippen molar-refractivity contribution in [1.82, 2.24) is 4.98 Å². The van der Waals surface area contributed by atoms with Gasteiger partial charge in [-0.05, 0) is 43.3 Å². The number of aromatic nitrogens is 1. The highest BCUT2D eigenvalue weighted by atomic mass is 35.5. The summed E-state index contributed by atoms with van der Waals surface area (Å²) in [6.45, 7) is 1.40. The molecule has 0 radical (unpaired) electrons. The largest absolute Gasteiger partial charge is 0.466 e. The van der Waals surface area contributed by atoms with E-state index in [2.05, 4.69) is 15.6 Å². The van der Waals surface area contributed by atoms with Crippen LogP contribution in [0.3, 0.4) is 0 Å². The SMILES string of the molecule is CC1(C(=O)Nc2nc3ccc(Cl)cc3s2)Oc2ccc(Cl)cc2NC1=O. The number of benzene rings is 2. The number of carbonyl (C=O) groups excluding carboxylic acids is 2. The first-order valence-corrected chi connectivity index (χ1v) is 9.10. The van der Waals surface area contributed by atoms with Crippen molar-refractivity contribution in [2.75, 3.05) is 10.6 Å². The summed E-state index contributed by atoms with van der Waals surface area (Å²) in [7, 11) is 0. The second-order valence-electron chi connectivity index (χ2n) is 5.82. The van der Waals surface area contributed by atoms with E-state index < -0.39 is 17.4 Å². The molecule has 2 heterocycles. The minimum Gasteiger partial charge on any atom is -0.466 e. The minimum atomic E-state index is -1.74. The van der Waals surface area contributed by atoms with Crippen LogP contribution in [-0.4, -0.2) is 22.4 Å². The molecule has 1 aromatic heterocycles. The van der Waals surface area contributed by atoms with E-state index in [1.165, 1.54) is 18.3 Å². The summed E-state index contributed by atoms with van der Waals surface area (Å²) >= 11 is 13.1. The van der Waals surface area contributed by atoms with Crippen molar-refractivity contribution in [2.45, 2.75) is 12.5 Å². The van der Waals surface area contributed by atoms with Crippen LogP contribution in [-0.2, 0) is 9.59 Å². The van der Waals surface area contributed by atoms with E-state index in [1.54, 1.807) is 36.4 Å². The Morgan fingerprint density at radius 1 is 1.23 bits per heavy atom. The highest BCUT2D eigenvalue weighted by Gasteiger charge is 2.47. The number of nitrogens with zero attached hydrogens (tertiary/aromatic N) is 1. The number of rotatable bonds is 2. The first-order valence-electron chi connectivity index (χ1n) is 7.53. The minimum absolute atomic E-state index is 0.354. The van der Waals surface area contributed by atoms with Crippen LogP contribution in [0.5, 0.6) is 5.75 Å². The van der Waals surface area contributed by atoms with E-state index in [9.17, 15) is 9.59 Å². The summed E-state index contributed by atoms with van der Waals surface area (Å²) in [6.07, 6.45) is 0. The summed E-state index contributed by atoms with van der Waals surface area (Å²) in [5.74, 6) is -0.850. The molecule has 0 spiro atoms. The van der Waals surface area contributed by atoms with Crippen LogP contribution in [0, 0.1) is 0 Å². The maximum absolute atomic E-state index is 12.7. The van der Waals surface area contributed by atoms with Crippen LogP contribution in [0.15, 0.2) is 36.4 Å². The van der Waals surface area contributed by atoms with Gasteiger partial charge in [-0.3, -0.25) is 14.9 Å². The Morgan fingerprint density at radius 3 is 2.77 bits per heavy atom. The molecule has 0 saturated heterocycles. The van der Waals surface area contributed by atoms with Crippen molar-refractivity contribution in [1.29, 1.82) is 0 Å². The zero-order chi connectivity index (χ0) is 18.5. The molecule has 2 aromatic carbocycles. The molecule has 2 amide bonds. The quantitative estimate of drug-likeness (QED) is 0.619. The van der Waals surface area contributed by atoms with Crippen LogP contribution in [0.2, 0.25) is 10.0 Å². The van der Waals surface area contributed by atoms with Gasteiger partial charge in [0.1, 0.15) is 5.75 Å². The third-order valence-corrected chi connectivity index (χ3v) is 5.35. The Kier molecular flexibility index (Phi) is 4.02. The number of nitrogens with one attached hydrogen (secondary N) is 2. The van der Waals surface area contributed by atoms with Gasteiger partial charge in [0, 0.05) is 10.0 Å². The van der Waals surface area contributed by atoms with Crippen molar-refractivity contribution >= 4 is 67.4 Å². The van der Waals surface area contributed by atoms with Crippen molar-refractivity contribution < 1.29 is 14.3 Å². The highest BCUT2D eigenvalue weighted by Crippen LogP contribution is 2.36. The second kappa shape index (κ2) is 6.12. The first-order chi connectivity index (χ1) is 12.3. The van der Waals surface area contributed by atoms with Crippen LogP contribution in [0.25, 0.3) is 10.2 Å². The van der Waals surface area contributed by atoms with Crippen molar-refractivity contribution in [3.05, 3.63) is 46.4 Å². The number of thiazole rings is 1. The van der Waals surface area contributed by atoms with Gasteiger partial charge in [0.15, 0.2) is 5.13 Å². The Bertz CT molecular complexity index is 1070. The number of hydrogen-bond donors (Lipinski definition) is 2. The number of amides is 2. The summed E-state index contributed by atoms with van der Waals surface area (Å²) in [4.78, 5) is 29.5. The van der Waals surface area contributed by atoms with Crippen LogP contribution < -0.4 is 15.4 Å². The molecule has 0 aliphatic carbocycles. The molecule has 1 aliphatic heterocycles. The van der Waals surface area contributed by atoms with E-state index in [0.717, 1.165) is 4.70 Å². The van der Waals surface area contributed by atoms with Gasteiger partial charge in [0.25, 0.3) is 17.4 Å². The van der Waals surface area contributed by atoms with Crippen molar-refractivity contribution in [2.24, 2.45) is 0 Å². The average Bonchev–Trinajstić information content (AvgIpc) is 2.97. The van der Waals surface area contributed by atoms with Crippen LogP contribution in [0.1, 0.15) is 6.92 Å². The lowest BCUT2D eigenvalue weighted by Gasteiger charge is -2.33. The topological polar surface area (TPSA) is 80.3 Å². The number of fused-ring (bicyclic) bond motifs is 2. The van der Waals surface area contributed by atoms with E-state index >= 15 is 0 Å². The maximum Gasteiger partial charge on any atom is 0.280 e. The standard InChI is InChI=1S/C17H11Cl2N3O3S/c1-17(14(23)20-11-6-8(18)3-5-12(11)25-17)15(24)22-16-21-10-4-2-9(19)7-13(10)26-16/h2-7H,1H3,(H,20,23)(H,21,22,24). The molecule has 1 atom stereocenters. The molecule has 0 saturated carbocycles. The fraction of sp³-hybridized carbons (Fsp3) is 0.118. The van der Waals surface area contributed by atoms with Crippen molar-refractivity contribution in [3.63, 3.8) is 0 Å². The van der Waals surface area contributed by atoms with E-state index in [1.807, 2.05) is 0 Å². The Labute approximate surface area is 162 Å². The van der Waals surface area contributed by atoms with E-state index in [-0.39, 0.29) is 0 Å². The number of hydrogen-bond acceptors (Lipinski definition) is 5. The third-order valence-electron chi connectivity index (χ3n) is 3.94. The zero-order valence-corrected chi connectivity index (χ0v) is 15.6. The normalized spacial score (nSPS) is 18.8. The van der Waals surface area contributed by atoms with E-state index in [4.69, 9.17) is 27.9 Å². The third kappa shape index (κ3) is 2.88. The first kappa shape index (κ1) is 17.1. The van der Waals surface area contributed by atoms with Gasteiger partial charge in [-0.15, -0.1) is 0 Å². The average molecular weight is 408 g/mol. The number of carbonyl (C=O) groups is 2. The molecule has 9 heteroatoms. The Balaban J connectivity index is 1.62. The van der Waals surface area contributed by atoms with Gasteiger partial charge in [-0.25, -0.2) is 4.98 Å². The maximum atomic E-state index is 12.7. The zero-order valence-electron chi connectivity index (χ0n) is 13.3. The molecule has 0 bridgehead atoms. The van der Waals surface area contributed by atoms with Gasteiger partial charge in [-0.2, -0.15) is 0 Å². The fourth-order valence-electron chi connectivity index (χ4n) is 2.51. The summed E-state index contributed by atoms with van der Waals surface area (Å²) in [6, 6.07) is 10.0. The lowest BCUT2D eigenvalue weighted by molar-refractivity contribution is -0.143. The molecule has 1 aliphatic rings. The van der Waals surface area contributed by atoms with Gasteiger partial charge in [0.05, 0.1) is 15.9 Å². The molecule has 2 N–H and O–H groups in total. The smallest absolute Gasteiger partial charge is 0.280 e. The van der Waals surface area contributed by atoms with E-state index in [0.29, 0.717) is 32.1 Å². The van der Waals surface area contributed by atoms with Gasteiger partial charge < -0.3 is 10.1 Å². The van der Waals surface area contributed by atoms with Gasteiger partial charge in [0.2, 0.25) is 0 Å². The molecule has 132 valence electrons. The predicted octanol–water partition coefficient (Wildman–Crippen LogP) is 4.33. The summed E-state index contributed by atoms with van der Waals surface area (Å²) in [5, 5.41) is 6.68. The van der Waals surface area contributed by atoms with Crippen molar-refractivity contribution in [3.8, 4) is 5.75 Å². The molecular formula is C17H11Cl2N3O3S. The number of anilines is 2. The molecule has 4 rings (SSSR count). The van der Waals surface area contributed by atoms with Gasteiger partial charge >= 0.3 is 0 Å². The highest BCUT2D eigenvalue weighted by molar-refractivity contribution is 7.22. The molecule has 1 unspecified atom stereocenters. The fourth-order valence-corrected chi connectivity index (χ4v) is 3.82. The molecular weight excluding hydrogens is 397 g/mol. The lowest BCUT2D eigenvalue weighted by atomic mass is 10.0. The Morgan fingerprint density at radius 2 is 1.96 bits per heavy atom. The second-order valence-corrected chi connectivity index (χ2v) is 7.72. The van der Waals surface area contributed by atoms with Crippen LogP contribution >= 0.6 is 34.5 Å². The number of ether oxygens (including phenoxy) is 1. The summed E-state index contributed by atoms with van der Waals surface area (Å²) < 4.78 is 6.51. The molecule has 6 nitrogen and oxygen atoms in total. The molecule has 26 heavy (non-hydrogen) atoms. The number of halogens is 2. The predicted molar refractivity (Wildman–Crippen MR) is 102 cm³/mol.